The van der Waals surface area contributed by atoms with Crippen molar-refractivity contribution in [2.24, 2.45) is 5.73 Å². The van der Waals surface area contributed by atoms with Crippen molar-refractivity contribution in [3.63, 3.8) is 0 Å². The van der Waals surface area contributed by atoms with Gasteiger partial charge in [-0.3, -0.25) is 4.79 Å². The Labute approximate surface area is 118 Å². The van der Waals surface area contributed by atoms with E-state index in [1.165, 1.54) is 18.4 Å². The number of ether oxygens (including phenoxy) is 1. The van der Waals surface area contributed by atoms with Crippen molar-refractivity contribution in [1.82, 2.24) is 0 Å². The first-order valence-electron chi connectivity index (χ1n) is 7.50. The zero-order valence-corrected chi connectivity index (χ0v) is 11.5. The second-order valence-electron chi connectivity index (χ2n) is 6.28. The molecule has 4 nitrogen and oxygen atoms in total. The summed E-state index contributed by atoms with van der Waals surface area (Å²) in [6, 6.07) is 8.32. The smallest absolute Gasteiger partial charge is 0.256 e. The van der Waals surface area contributed by atoms with Crippen LogP contribution in [0.3, 0.4) is 0 Å². The van der Waals surface area contributed by atoms with Gasteiger partial charge in [-0.05, 0) is 37.3 Å². The summed E-state index contributed by atoms with van der Waals surface area (Å²) in [5, 5.41) is 0. The van der Waals surface area contributed by atoms with Gasteiger partial charge >= 0.3 is 0 Å². The number of carbonyl (C=O) groups excluding carboxylic acids is 1. The average molecular weight is 272 g/mol. The first-order valence-corrected chi connectivity index (χ1v) is 7.50. The summed E-state index contributed by atoms with van der Waals surface area (Å²) >= 11 is 0. The van der Waals surface area contributed by atoms with Crippen molar-refractivity contribution in [3.05, 3.63) is 29.8 Å². The second-order valence-corrected chi connectivity index (χ2v) is 6.28. The second kappa shape index (κ2) is 4.30. The molecule has 0 radical (unpaired) electrons. The van der Waals surface area contributed by atoms with Gasteiger partial charge in [-0.2, -0.15) is 0 Å². The Morgan fingerprint density at radius 1 is 1.35 bits per heavy atom. The third-order valence-corrected chi connectivity index (χ3v) is 4.99. The Bertz CT molecular complexity index is 553. The molecule has 0 unspecified atom stereocenters. The number of hydrogen-bond donors (Lipinski definition) is 1. The Morgan fingerprint density at radius 3 is 2.85 bits per heavy atom. The van der Waals surface area contributed by atoms with Crippen LogP contribution in [0.25, 0.3) is 0 Å². The monoisotopic (exact) mass is 272 g/mol. The van der Waals surface area contributed by atoms with Gasteiger partial charge in [0.25, 0.3) is 5.91 Å². The maximum atomic E-state index is 12.7. The molecule has 1 saturated heterocycles. The molecule has 3 aliphatic rings. The molecule has 4 heteroatoms. The molecular weight excluding hydrogens is 252 g/mol. The fraction of sp³-hybridized carbons (Fsp3) is 0.562. The summed E-state index contributed by atoms with van der Waals surface area (Å²) < 4.78 is 5.77. The van der Waals surface area contributed by atoms with Crippen molar-refractivity contribution >= 4 is 11.6 Å². The van der Waals surface area contributed by atoms with E-state index in [0.29, 0.717) is 6.54 Å². The number of amides is 1. The Kier molecular flexibility index (Phi) is 2.66. The van der Waals surface area contributed by atoms with E-state index >= 15 is 0 Å². The molecule has 1 aliphatic carbocycles. The van der Waals surface area contributed by atoms with E-state index in [9.17, 15) is 4.79 Å². The summed E-state index contributed by atoms with van der Waals surface area (Å²) in [5.41, 5.74) is 8.32. The molecule has 20 heavy (non-hydrogen) atoms. The van der Waals surface area contributed by atoms with Crippen LogP contribution in [0.4, 0.5) is 5.69 Å². The zero-order chi connectivity index (χ0) is 13.7. The topological polar surface area (TPSA) is 55.6 Å². The van der Waals surface area contributed by atoms with Crippen LogP contribution in [0, 0.1) is 0 Å². The molecule has 0 bridgehead atoms. The summed E-state index contributed by atoms with van der Waals surface area (Å²) in [7, 11) is 0. The van der Waals surface area contributed by atoms with Gasteiger partial charge in [0.15, 0.2) is 0 Å². The van der Waals surface area contributed by atoms with Gasteiger partial charge in [0.1, 0.15) is 6.10 Å². The molecule has 106 valence electrons. The Balaban J connectivity index is 1.60. The highest BCUT2D eigenvalue weighted by Gasteiger charge is 2.53. The quantitative estimate of drug-likeness (QED) is 0.889. The number of rotatable bonds is 2. The molecule has 1 aromatic carbocycles. The lowest BCUT2D eigenvalue weighted by atomic mass is 9.99. The maximum absolute atomic E-state index is 12.7. The highest BCUT2D eigenvalue weighted by molar-refractivity contribution is 5.99. The van der Waals surface area contributed by atoms with E-state index in [-0.39, 0.29) is 23.5 Å². The van der Waals surface area contributed by atoms with Crippen molar-refractivity contribution in [2.75, 3.05) is 18.0 Å². The van der Waals surface area contributed by atoms with Crippen LogP contribution < -0.4 is 10.6 Å². The third-order valence-electron chi connectivity index (χ3n) is 4.99. The molecule has 2 aliphatic heterocycles. The number of anilines is 1. The van der Waals surface area contributed by atoms with Crippen molar-refractivity contribution < 1.29 is 9.53 Å². The number of benzene rings is 1. The Morgan fingerprint density at radius 2 is 2.15 bits per heavy atom. The standard InChI is InChI=1S/C16H20N2O2/c17-9-11-5-6-14(20-11)15(19)18-10-16(7-8-16)12-3-1-2-4-13(12)18/h1-4,11,14H,5-10,17H2/t11-,14+/m1/s1. The van der Waals surface area contributed by atoms with Gasteiger partial charge in [-0.15, -0.1) is 0 Å². The van der Waals surface area contributed by atoms with Crippen LogP contribution in [-0.2, 0) is 14.9 Å². The van der Waals surface area contributed by atoms with Crippen LogP contribution in [0.15, 0.2) is 24.3 Å². The lowest BCUT2D eigenvalue weighted by Gasteiger charge is -2.22. The number of para-hydroxylation sites is 1. The molecule has 2 atom stereocenters. The summed E-state index contributed by atoms with van der Waals surface area (Å²) in [5.74, 6) is 0.122. The SMILES string of the molecule is NC[C@H]1CC[C@@H](C(=O)N2CC3(CC3)c3ccccc32)O1. The van der Waals surface area contributed by atoms with Gasteiger partial charge in [-0.1, -0.05) is 18.2 Å². The van der Waals surface area contributed by atoms with Crippen molar-refractivity contribution in [3.8, 4) is 0 Å². The van der Waals surface area contributed by atoms with Gasteiger partial charge < -0.3 is 15.4 Å². The molecule has 0 aromatic heterocycles. The molecular formula is C16H20N2O2. The zero-order valence-electron chi connectivity index (χ0n) is 11.5. The van der Waals surface area contributed by atoms with E-state index in [0.717, 1.165) is 25.1 Å². The highest BCUT2D eigenvalue weighted by Crippen LogP contribution is 2.56. The van der Waals surface area contributed by atoms with Crippen LogP contribution in [0.5, 0.6) is 0 Å². The van der Waals surface area contributed by atoms with Gasteiger partial charge in [0.2, 0.25) is 0 Å². The van der Waals surface area contributed by atoms with E-state index in [1.807, 2.05) is 11.0 Å². The third kappa shape index (κ3) is 1.71. The fourth-order valence-electron chi connectivity index (χ4n) is 3.64. The summed E-state index contributed by atoms with van der Waals surface area (Å²) in [6.07, 6.45) is 3.84. The number of nitrogens with zero attached hydrogens (tertiary/aromatic N) is 1. The lowest BCUT2D eigenvalue weighted by Crippen LogP contribution is -2.40. The first kappa shape index (κ1) is 12.4. The van der Waals surface area contributed by atoms with Crippen LogP contribution in [-0.4, -0.2) is 31.2 Å². The number of carbonyl (C=O) groups is 1. The fourth-order valence-corrected chi connectivity index (χ4v) is 3.64. The highest BCUT2D eigenvalue weighted by atomic mass is 16.5. The lowest BCUT2D eigenvalue weighted by molar-refractivity contribution is -0.129. The van der Waals surface area contributed by atoms with Crippen molar-refractivity contribution in [1.29, 1.82) is 0 Å². The number of fused-ring (bicyclic) bond motifs is 2. The maximum Gasteiger partial charge on any atom is 0.256 e. The molecule has 2 fully saturated rings. The van der Waals surface area contributed by atoms with Gasteiger partial charge in [-0.25, -0.2) is 0 Å². The molecule has 2 heterocycles. The number of hydrogen-bond acceptors (Lipinski definition) is 3. The van der Waals surface area contributed by atoms with Crippen LogP contribution in [0.1, 0.15) is 31.2 Å². The van der Waals surface area contributed by atoms with E-state index in [2.05, 4.69) is 18.2 Å². The molecule has 4 rings (SSSR count). The van der Waals surface area contributed by atoms with E-state index in [4.69, 9.17) is 10.5 Å². The molecule has 1 amide bonds. The average Bonchev–Trinajstić information content (AvgIpc) is 2.98. The van der Waals surface area contributed by atoms with Gasteiger partial charge in [0.05, 0.1) is 6.10 Å². The largest absolute Gasteiger partial charge is 0.364 e. The Hall–Kier alpha value is -1.39. The summed E-state index contributed by atoms with van der Waals surface area (Å²) in [6.45, 7) is 1.34. The van der Waals surface area contributed by atoms with Gasteiger partial charge in [0, 0.05) is 24.2 Å². The molecule has 1 saturated carbocycles. The normalized spacial score (nSPS) is 29.8. The van der Waals surface area contributed by atoms with Crippen LogP contribution >= 0.6 is 0 Å². The first-order chi connectivity index (χ1) is 9.73. The molecule has 1 spiro atoms. The summed E-state index contributed by atoms with van der Waals surface area (Å²) in [4.78, 5) is 14.7. The number of nitrogens with two attached hydrogens (primary N) is 1. The van der Waals surface area contributed by atoms with E-state index < -0.39 is 0 Å². The van der Waals surface area contributed by atoms with E-state index in [1.54, 1.807) is 0 Å². The molecule has 1 aromatic rings. The minimum absolute atomic E-state index is 0.0525. The molecule has 2 N–H and O–H groups in total. The van der Waals surface area contributed by atoms with Crippen LogP contribution in [0.2, 0.25) is 0 Å². The predicted octanol–water partition coefficient (Wildman–Crippen LogP) is 1.57. The predicted molar refractivity (Wildman–Crippen MR) is 76.7 cm³/mol. The van der Waals surface area contributed by atoms with Crippen molar-refractivity contribution in [2.45, 2.75) is 43.3 Å². The minimum Gasteiger partial charge on any atom is -0.364 e. The minimum atomic E-state index is -0.300.